The van der Waals surface area contributed by atoms with Crippen LogP contribution in [0.5, 0.6) is 0 Å². The van der Waals surface area contributed by atoms with Crippen LogP contribution >= 0.6 is 22.7 Å². The van der Waals surface area contributed by atoms with Crippen LogP contribution in [0.4, 0.5) is 34.1 Å². The molecule has 12 aromatic carbocycles. The van der Waals surface area contributed by atoms with Gasteiger partial charge in [-0.15, -0.1) is 22.7 Å². The summed E-state index contributed by atoms with van der Waals surface area (Å²) < 4.78 is 10.2. The molecule has 0 saturated carbocycles. The first-order chi connectivity index (χ1) is 44.2. The van der Waals surface area contributed by atoms with Crippen molar-refractivity contribution in [3.05, 3.63) is 265 Å². The number of hydrogen-bond donors (Lipinski definition) is 0. The molecular formula is C86H76N4S2. The number of benzene rings is 12. The molecular weight excluding hydrogens is 1150 g/mol. The van der Waals surface area contributed by atoms with Crippen LogP contribution in [-0.4, -0.2) is 9.13 Å². The zero-order chi connectivity index (χ0) is 63.3. The highest BCUT2D eigenvalue weighted by atomic mass is 32.1. The van der Waals surface area contributed by atoms with Gasteiger partial charge < -0.3 is 18.9 Å². The summed E-state index contributed by atoms with van der Waals surface area (Å²) in [6, 6.07) is 91.9. The molecule has 6 heteroatoms. The molecule has 0 aliphatic carbocycles. The number of nitrogens with zero attached hydrogens (tertiary/aromatic N) is 4. The van der Waals surface area contributed by atoms with E-state index >= 15 is 0 Å². The SMILES string of the molecule is CC(C)(C)c1cc(-n2c3ccccc3c3c(N(c4ccccc4)c4ccc5c(c4)sc4c5ccc5c4ccc4c6ccc(N(c7ccccc7)c7cccc8c7c7ccccc7n8-c7cc(C(C)(C)C)cc(C(C)(C)C)c7)cc6sc45)cccc32)cc(C(C)(C)C)c1. The molecule has 4 heterocycles. The number of aromatic nitrogens is 2. The summed E-state index contributed by atoms with van der Waals surface area (Å²) in [5.74, 6) is 0. The van der Waals surface area contributed by atoms with Gasteiger partial charge in [0.1, 0.15) is 0 Å². The lowest BCUT2D eigenvalue weighted by Gasteiger charge is -2.27. The highest BCUT2D eigenvalue weighted by Gasteiger charge is 2.29. The Morgan fingerprint density at radius 2 is 0.576 bits per heavy atom. The molecule has 0 bridgehead atoms. The smallest absolute Gasteiger partial charge is 0.0562 e. The van der Waals surface area contributed by atoms with Crippen molar-refractivity contribution in [3.8, 4) is 11.4 Å². The van der Waals surface area contributed by atoms with Crippen molar-refractivity contribution in [1.29, 1.82) is 0 Å². The standard InChI is InChI=1S/C86H76N4S2/c1-83(2,3)53-45-54(84(4,5)6)48-61(47-53)89-71-31-21-19-29-69(71)79-73(33-23-35-75(79)89)87(57-25-15-13-16-26-57)59-37-39-63-65-41-43-68-67(81(65)91-77(63)51-59)44-42-66-64-40-38-60(52-78(64)92-82(66)68)88(58-27-17-14-18-28-58)74-34-24-36-76-80(74)70-30-20-22-32-72(70)90(76)62-49-55(85(7,8)9)46-56(50-62)86(10,11)12/h13-52H,1-12H3. The second-order valence-electron chi connectivity index (χ2n) is 29.5. The lowest BCUT2D eigenvalue weighted by molar-refractivity contribution is 0.567. The van der Waals surface area contributed by atoms with Crippen molar-refractivity contribution in [2.24, 2.45) is 0 Å². The van der Waals surface area contributed by atoms with Crippen molar-refractivity contribution in [2.75, 3.05) is 9.80 Å². The molecule has 452 valence electrons. The van der Waals surface area contributed by atoms with Gasteiger partial charge in [-0.05, 0) is 153 Å². The molecule has 16 rings (SSSR count). The van der Waals surface area contributed by atoms with E-state index in [1.54, 1.807) is 0 Å². The Kier molecular flexibility index (Phi) is 13.2. The Hall–Kier alpha value is -9.46. The monoisotopic (exact) mass is 1230 g/mol. The van der Waals surface area contributed by atoms with Crippen molar-refractivity contribution >= 4 is 152 Å². The minimum Gasteiger partial charge on any atom is -0.310 e. The Balaban J connectivity index is 0.825. The summed E-state index contributed by atoms with van der Waals surface area (Å²) in [6.07, 6.45) is 0. The summed E-state index contributed by atoms with van der Waals surface area (Å²) in [4.78, 5) is 4.96. The predicted molar refractivity (Wildman–Crippen MR) is 403 cm³/mol. The van der Waals surface area contributed by atoms with Crippen molar-refractivity contribution in [3.63, 3.8) is 0 Å². The molecule has 0 spiro atoms. The van der Waals surface area contributed by atoms with Gasteiger partial charge >= 0.3 is 0 Å². The number of fused-ring (bicyclic) bond motifs is 15. The van der Waals surface area contributed by atoms with Crippen molar-refractivity contribution < 1.29 is 0 Å². The van der Waals surface area contributed by atoms with Gasteiger partial charge in [-0.2, -0.15) is 0 Å². The zero-order valence-electron chi connectivity index (χ0n) is 54.7. The summed E-state index contributed by atoms with van der Waals surface area (Å²) in [5, 5.41) is 12.7. The van der Waals surface area contributed by atoms with E-state index in [2.05, 4.69) is 345 Å². The second-order valence-corrected chi connectivity index (χ2v) is 31.6. The minimum absolute atomic E-state index is 0.0226. The number of rotatable bonds is 8. The first kappa shape index (κ1) is 57.7. The van der Waals surface area contributed by atoms with Crippen LogP contribution in [-0.2, 0) is 21.7 Å². The molecule has 0 saturated heterocycles. The molecule has 0 unspecified atom stereocenters. The first-order valence-electron chi connectivity index (χ1n) is 32.5. The fourth-order valence-electron chi connectivity index (χ4n) is 14.3. The van der Waals surface area contributed by atoms with Gasteiger partial charge in [0.05, 0.1) is 33.4 Å². The maximum Gasteiger partial charge on any atom is 0.0562 e. The fraction of sp³-hybridized carbons (Fsp3) is 0.186. The summed E-state index contributed by atoms with van der Waals surface area (Å²) >= 11 is 3.83. The zero-order valence-corrected chi connectivity index (χ0v) is 56.3. The third-order valence-corrected chi connectivity index (χ3v) is 21.6. The summed E-state index contributed by atoms with van der Waals surface area (Å²) in [5.41, 5.74) is 19.2. The highest BCUT2D eigenvalue weighted by Crippen LogP contribution is 2.51. The quantitative estimate of drug-likeness (QED) is 0.151. The topological polar surface area (TPSA) is 16.3 Å². The molecule has 4 nitrogen and oxygen atoms in total. The van der Waals surface area contributed by atoms with Gasteiger partial charge in [0.15, 0.2) is 0 Å². The molecule has 0 aliphatic heterocycles. The molecule has 0 radical (unpaired) electrons. The normalized spacial score (nSPS) is 12.8. The second kappa shape index (κ2) is 21.0. The van der Waals surface area contributed by atoms with E-state index in [0.717, 1.165) is 34.1 Å². The van der Waals surface area contributed by atoms with E-state index in [4.69, 9.17) is 0 Å². The minimum atomic E-state index is -0.0226. The summed E-state index contributed by atoms with van der Waals surface area (Å²) in [7, 11) is 0. The number of hydrogen-bond acceptors (Lipinski definition) is 4. The van der Waals surface area contributed by atoms with Gasteiger partial charge in [-0.3, -0.25) is 0 Å². The maximum absolute atomic E-state index is 2.51. The Labute approximate surface area is 547 Å². The highest BCUT2D eigenvalue weighted by molar-refractivity contribution is 7.28. The molecule has 0 atom stereocenters. The number of anilines is 6. The van der Waals surface area contributed by atoms with E-state index in [1.165, 1.54) is 128 Å². The third-order valence-electron chi connectivity index (χ3n) is 19.2. The molecule has 0 aliphatic rings. The molecule has 0 fully saturated rings. The van der Waals surface area contributed by atoms with E-state index in [9.17, 15) is 0 Å². The maximum atomic E-state index is 2.51. The van der Waals surface area contributed by atoms with Crippen LogP contribution < -0.4 is 9.80 Å². The third kappa shape index (κ3) is 9.42. The average Bonchev–Trinajstić information content (AvgIpc) is 1.58. The van der Waals surface area contributed by atoms with Crippen LogP contribution in [0.1, 0.15) is 105 Å². The lowest BCUT2D eigenvalue weighted by Crippen LogP contribution is -2.17. The van der Waals surface area contributed by atoms with E-state index in [-0.39, 0.29) is 21.7 Å². The van der Waals surface area contributed by atoms with Gasteiger partial charge in [0, 0.05) is 107 Å². The average molecular weight is 1230 g/mol. The lowest BCUT2D eigenvalue weighted by atomic mass is 9.80. The Morgan fingerprint density at radius 1 is 0.261 bits per heavy atom. The van der Waals surface area contributed by atoms with Gasteiger partial charge in [-0.25, -0.2) is 0 Å². The molecule has 92 heavy (non-hydrogen) atoms. The Morgan fingerprint density at radius 3 is 0.935 bits per heavy atom. The van der Waals surface area contributed by atoms with E-state index in [1.807, 2.05) is 22.7 Å². The van der Waals surface area contributed by atoms with E-state index in [0.29, 0.717) is 0 Å². The first-order valence-corrected chi connectivity index (χ1v) is 34.1. The van der Waals surface area contributed by atoms with E-state index < -0.39 is 0 Å². The van der Waals surface area contributed by atoms with Crippen molar-refractivity contribution in [1.82, 2.24) is 9.13 Å². The summed E-state index contributed by atoms with van der Waals surface area (Å²) in [6.45, 7) is 27.9. The van der Waals surface area contributed by atoms with Crippen LogP contribution in [0, 0.1) is 0 Å². The van der Waals surface area contributed by atoms with Gasteiger partial charge in [0.2, 0.25) is 0 Å². The van der Waals surface area contributed by atoms with Crippen LogP contribution in [0.25, 0.3) is 106 Å². The van der Waals surface area contributed by atoms with Crippen LogP contribution in [0.3, 0.4) is 0 Å². The van der Waals surface area contributed by atoms with Crippen molar-refractivity contribution in [2.45, 2.75) is 105 Å². The van der Waals surface area contributed by atoms with Crippen LogP contribution in [0.2, 0.25) is 0 Å². The Bertz CT molecular complexity index is 5210. The molecule has 4 aromatic heterocycles. The largest absolute Gasteiger partial charge is 0.310 e. The molecule has 16 aromatic rings. The fourth-order valence-corrected chi connectivity index (χ4v) is 16.8. The molecule has 0 amide bonds. The van der Waals surface area contributed by atoms with Gasteiger partial charge in [0.25, 0.3) is 0 Å². The predicted octanol–water partition coefficient (Wildman–Crippen LogP) is 25.9. The molecule has 0 N–H and O–H groups in total. The number of para-hydroxylation sites is 4. The van der Waals surface area contributed by atoms with Crippen LogP contribution in [0.15, 0.2) is 243 Å². The number of thiophene rings is 2. The van der Waals surface area contributed by atoms with Gasteiger partial charge in [-0.1, -0.05) is 217 Å².